The largest absolute Gasteiger partial charge is 0.333 e. The Balaban J connectivity index is 1.56. The van der Waals surface area contributed by atoms with Gasteiger partial charge in [-0.2, -0.15) is 4.99 Å². The van der Waals surface area contributed by atoms with Crippen molar-refractivity contribution in [3.63, 3.8) is 0 Å². The van der Waals surface area contributed by atoms with Crippen LogP contribution in [0.15, 0.2) is 61.5 Å². The number of halogens is 1. The van der Waals surface area contributed by atoms with E-state index in [1.807, 2.05) is 36.4 Å². The molecule has 24 heavy (non-hydrogen) atoms. The number of nitrogens with zero attached hydrogens (tertiary/aromatic N) is 3. The summed E-state index contributed by atoms with van der Waals surface area (Å²) in [4.78, 5) is 16.7. The number of aromatic nitrogens is 2. The Labute approximate surface area is 149 Å². The third kappa shape index (κ3) is 2.98. The van der Waals surface area contributed by atoms with Crippen molar-refractivity contribution in [1.29, 1.82) is 0 Å². The quantitative estimate of drug-likeness (QED) is 0.653. The molecule has 2 heterocycles. The van der Waals surface area contributed by atoms with Crippen molar-refractivity contribution in [2.75, 3.05) is 5.32 Å². The van der Waals surface area contributed by atoms with Crippen molar-refractivity contribution >= 4 is 61.6 Å². The van der Waals surface area contributed by atoms with Crippen LogP contribution in [0.25, 0.3) is 17.1 Å². The number of hydrogen-bond acceptors (Lipinski definition) is 6. The summed E-state index contributed by atoms with van der Waals surface area (Å²) in [5.41, 5.74) is 3.02. The molecule has 3 aromatic rings. The lowest BCUT2D eigenvalue weighted by Gasteiger charge is -2.06. The number of para-hydroxylation sites is 1. The van der Waals surface area contributed by atoms with Crippen LogP contribution in [0.4, 0.5) is 5.69 Å². The number of carbonyl (C=O) groups is 1. The van der Waals surface area contributed by atoms with Crippen molar-refractivity contribution in [2.45, 2.75) is 0 Å². The Morgan fingerprint density at radius 1 is 1.12 bits per heavy atom. The van der Waals surface area contributed by atoms with Gasteiger partial charge >= 0.3 is 0 Å². The summed E-state index contributed by atoms with van der Waals surface area (Å²) in [6, 6.07) is 13.1. The number of hydrogen-bond donors (Lipinski definition) is 1. The number of anilines is 1. The van der Waals surface area contributed by atoms with E-state index in [0.29, 0.717) is 21.1 Å². The molecule has 1 N–H and O–H groups in total. The third-order valence-electron chi connectivity index (χ3n) is 3.31. The van der Waals surface area contributed by atoms with Gasteiger partial charge in [0, 0.05) is 4.47 Å². The number of nitrogens with one attached hydrogen (secondary N) is 1. The van der Waals surface area contributed by atoms with Gasteiger partial charge in [-0.05, 0) is 73.9 Å². The van der Waals surface area contributed by atoms with E-state index in [2.05, 4.69) is 41.2 Å². The van der Waals surface area contributed by atoms with Gasteiger partial charge in [-0.25, -0.2) is 4.63 Å². The molecule has 6 nitrogen and oxygen atoms in total. The van der Waals surface area contributed by atoms with E-state index < -0.39 is 0 Å². The standard InChI is InChI=1S/C16H9BrN4O2S/c17-10-3-1-2-4-11(10)18-16-19-15(22)14(24-16)8-9-5-6-12-13(7-9)21-23-20-12/h1-8H,(H,18,19,22). The lowest BCUT2D eigenvalue weighted by molar-refractivity contribution is -0.113. The van der Waals surface area contributed by atoms with Crippen molar-refractivity contribution in [1.82, 2.24) is 10.3 Å². The van der Waals surface area contributed by atoms with Crippen LogP contribution >= 0.6 is 27.7 Å². The van der Waals surface area contributed by atoms with Gasteiger partial charge in [-0.3, -0.25) is 4.79 Å². The number of rotatable bonds is 2. The molecule has 0 atom stereocenters. The minimum Gasteiger partial charge on any atom is -0.333 e. The normalized spacial score (nSPS) is 16.0. The highest BCUT2D eigenvalue weighted by Gasteiger charge is 2.22. The fraction of sp³-hybridized carbons (Fsp3) is 0. The van der Waals surface area contributed by atoms with E-state index in [9.17, 15) is 4.79 Å². The van der Waals surface area contributed by atoms with E-state index in [1.54, 1.807) is 12.1 Å². The lowest BCUT2D eigenvalue weighted by atomic mass is 10.2. The Morgan fingerprint density at radius 3 is 2.83 bits per heavy atom. The molecular formula is C16H9BrN4O2S. The molecule has 0 fully saturated rings. The molecule has 1 aliphatic rings. The molecule has 0 spiro atoms. The zero-order chi connectivity index (χ0) is 16.5. The predicted octanol–water partition coefficient (Wildman–Crippen LogP) is 4.07. The Bertz CT molecular complexity index is 1010. The first-order chi connectivity index (χ1) is 11.7. The first-order valence-electron chi connectivity index (χ1n) is 6.95. The molecule has 4 rings (SSSR count). The summed E-state index contributed by atoms with van der Waals surface area (Å²) in [5, 5.41) is 11.2. The second kappa shape index (κ2) is 6.21. The average molecular weight is 401 g/mol. The highest BCUT2D eigenvalue weighted by molar-refractivity contribution is 9.10. The molecule has 0 unspecified atom stereocenters. The Hall–Kier alpha value is -2.45. The van der Waals surface area contributed by atoms with Crippen molar-refractivity contribution in [3.8, 4) is 0 Å². The Kier molecular flexibility index (Phi) is 3.91. The lowest BCUT2D eigenvalue weighted by Crippen LogP contribution is -2.05. The summed E-state index contributed by atoms with van der Waals surface area (Å²) < 4.78 is 5.58. The predicted molar refractivity (Wildman–Crippen MR) is 97.6 cm³/mol. The summed E-state index contributed by atoms with van der Waals surface area (Å²) >= 11 is 4.75. The van der Waals surface area contributed by atoms with Gasteiger partial charge in [0.05, 0.1) is 10.6 Å². The molecule has 1 aliphatic heterocycles. The van der Waals surface area contributed by atoms with Crippen LogP contribution in [-0.2, 0) is 4.79 Å². The number of aliphatic imine (C=N–C) groups is 1. The average Bonchev–Trinajstić information content (AvgIpc) is 3.16. The zero-order valence-corrected chi connectivity index (χ0v) is 14.5. The van der Waals surface area contributed by atoms with Crippen molar-refractivity contribution in [2.24, 2.45) is 4.99 Å². The molecule has 118 valence electrons. The molecule has 0 bridgehead atoms. The molecule has 1 aromatic heterocycles. The molecule has 0 aliphatic carbocycles. The van der Waals surface area contributed by atoms with Gasteiger partial charge in [-0.15, -0.1) is 0 Å². The fourth-order valence-corrected chi connectivity index (χ4v) is 3.39. The Morgan fingerprint density at radius 2 is 1.96 bits per heavy atom. The number of fused-ring (bicyclic) bond motifs is 1. The first kappa shape index (κ1) is 15.1. The van der Waals surface area contributed by atoms with E-state index >= 15 is 0 Å². The van der Waals surface area contributed by atoms with Crippen LogP contribution in [0.5, 0.6) is 0 Å². The van der Waals surface area contributed by atoms with Crippen molar-refractivity contribution in [3.05, 3.63) is 57.4 Å². The van der Waals surface area contributed by atoms with Gasteiger partial charge in [0.25, 0.3) is 5.91 Å². The molecule has 1 amide bonds. The van der Waals surface area contributed by atoms with E-state index in [0.717, 1.165) is 15.7 Å². The molecule has 0 saturated heterocycles. The highest BCUT2D eigenvalue weighted by Crippen LogP contribution is 2.31. The van der Waals surface area contributed by atoms with Crippen LogP contribution < -0.4 is 5.32 Å². The van der Waals surface area contributed by atoms with Gasteiger partial charge in [0.1, 0.15) is 11.0 Å². The highest BCUT2D eigenvalue weighted by atomic mass is 79.9. The summed E-state index contributed by atoms with van der Waals surface area (Å²) in [7, 11) is 0. The van der Waals surface area contributed by atoms with Gasteiger partial charge in [0.2, 0.25) is 0 Å². The van der Waals surface area contributed by atoms with Crippen LogP contribution in [0.2, 0.25) is 0 Å². The second-order valence-corrected chi connectivity index (χ2v) is 6.83. The monoisotopic (exact) mass is 400 g/mol. The van der Waals surface area contributed by atoms with E-state index in [-0.39, 0.29) is 5.91 Å². The topological polar surface area (TPSA) is 80.4 Å². The SMILES string of the molecule is O=C1N=C(Nc2ccccc2Br)SC1=Cc1ccc2nonc2c1. The zero-order valence-electron chi connectivity index (χ0n) is 12.1. The molecule has 8 heteroatoms. The molecule has 2 aromatic carbocycles. The minimum absolute atomic E-state index is 0.270. The van der Waals surface area contributed by atoms with E-state index in [4.69, 9.17) is 0 Å². The summed E-state index contributed by atoms with van der Waals surface area (Å²) in [6.07, 6.45) is 1.78. The maximum atomic E-state index is 12.1. The number of amides is 1. The maximum absolute atomic E-state index is 12.1. The van der Waals surface area contributed by atoms with Crippen LogP contribution in [0.1, 0.15) is 5.56 Å². The fourth-order valence-electron chi connectivity index (χ4n) is 2.18. The maximum Gasteiger partial charge on any atom is 0.286 e. The van der Waals surface area contributed by atoms with Crippen molar-refractivity contribution < 1.29 is 9.42 Å². The van der Waals surface area contributed by atoms with E-state index in [1.165, 1.54) is 11.8 Å². The minimum atomic E-state index is -0.270. The second-order valence-electron chi connectivity index (χ2n) is 4.95. The van der Waals surface area contributed by atoms with Gasteiger partial charge in [0.15, 0.2) is 5.17 Å². The third-order valence-corrected chi connectivity index (χ3v) is 4.90. The summed E-state index contributed by atoms with van der Waals surface area (Å²) in [5.74, 6) is -0.270. The number of amidine groups is 1. The number of thioether (sulfide) groups is 1. The molecular weight excluding hydrogens is 392 g/mol. The van der Waals surface area contributed by atoms with Crippen LogP contribution in [0.3, 0.4) is 0 Å². The van der Waals surface area contributed by atoms with Crippen LogP contribution in [-0.4, -0.2) is 21.4 Å². The number of benzene rings is 2. The summed E-state index contributed by atoms with van der Waals surface area (Å²) in [6.45, 7) is 0. The van der Waals surface area contributed by atoms with Crippen LogP contribution in [0, 0.1) is 0 Å². The molecule has 0 radical (unpaired) electrons. The first-order valence-corrected chi connectivity index (χ1v) is 8.56. The number of carbonyl (C=O) groups excluding carboxylic acids is 1. The smallest absolute Gasteiger partial charge is 0.286 e. The van der Waals surface area contributed by atoms with Gasteiger partial charge in [-0.1, -0.05) is 18.2 Å². The molecule has 0 saturated carbocycles. The van der Waals surface area contributed by atoms with Gasteiger partial charge < -0.3 is 5.32 Å².